The number of aromatic amines is 1. The Balaban J connectivity index is 1.91. The number of ether oxygens (including phenoxy) is 2. The van der Waals surface area contributed by atoms with Crippen molar-refractivity contribution in [1.29, 1.82) is 0 Å². The van der Waals surface area contributed by atoms with Crippen molar-refractivity contribution in [2.45, 2.75) is 6.54 Å². The predicted molar refractivity (Wildman–Crippen MR) is 77.6 cm³/mol. The fraction of sp³-hybridized carbons (Fsp3) is 0.286. The minimum atomic E-state index is -0.657. The van der Waals surface area contributed by atoms with Crippen molar-refractivity contribution >= 4 is 17.5 Å². The molecule has 116 valence electrons. The van der Waals surface area contributed by atoms with Crippen molar-refractivity contribution < 1.29 is 18.7 Å². The second kappa shape index (κ2) is 5.92. The van der Waals surface area contributed by atoms with E-state index in [1.807, 2.05) is 4.90 Å². The van der Waals surface area contributed by atoms with Gasteiger partial charge in [-0.25, -0.2) is 14.2 Å². The second-order valence-electron chi connectivity index (χ2n) is 4.75. The first-order valence-electron chi connectivity index (χ1n) is 6.71. The van der Waals surface area contributed by atoms with Gasteiger partial charge in [0, 0.05) is 18.0 Å². The molecule has 0 fully saturated rings. The van der Waals surface area contributed by atoms with Crippen molar-refractivity contribution in [2.75, 3.05) is 30.5 Å². The number of carbonyl (C=O) groups is 1. The molecule has 0 saturated carbocycles. The first-order chi connectivity index (χ1) is 10.7. The quantitative estimate of drug-likeness (QED) is 0.908. The molecule has 0 bridgehead atoms. The number of amides is 1. The Hall–Kier alpha value is -2.77. The van der Waals surface area contributed by atoms with Crippen LogP contribution in [0.5, 0.6) is 5.75 Å². The summed E-state index contributed by atoms with van der Waals surface area (Å²) < 4.78 is 24.1. The average molecular weight is 306 g/mol. The minimum Gasteiger partial charge on any atom is -0.486 e. The van der Waals surface area contributed by atoms with E-state index in [2.05, 4.69) is 20.0 Å². The molecular weight excluding hydrogens is 291 g/mol. The van der Waals surface area contributed by atoms with Crippen LogP contribution in [0.25, 0.3) is 0 Å². The van der Waals surface area contributed by atoms with Crippen molar-refractivity contribution in [3.8, 4) is 5.75 Å². The number of halogens is 1. The number of H-pyrrole nitrogens is 1. The van der Waals surface area contributed by atoms with Crippen molar-refractivity contribution in [1.82, 2.24) is 9.97 Å². The topological polar surface area (TPSA) is 79.5 Å². The maximum atomic E-state index is 14.2. The van der Waals surface area contributed by atoms with Gasteiger partial charge in [-0.3, -0.25) is 5.32 Å². The van der Waals surface area contributed by atoms with Gasteiger partial charge in [-0.1, -0.05) is 0 Å². The maximum Gasteiger partial charge on any atom is 0.411 e. The van der Waals surface area contributed by atoms with Gasteiger partial charge >= 0.3 is 6.09 Å². The number of aromatic nitrogens is 2. The number of carbonyl (C=O) groups excluding carboxylic acids is 1. The Labute approximate surface area is 126 Å². The Kier molecular flexibility index (Phi) is 3.82. The first kappa shape index (κ1) is 14.2. The molecule has 1 amide bonds. The first-order valence-corrected chi connectivity index (χ1v) is 6.71. The highest BCUT2D eigenvalue weighted by Crippen LogP contribution is 2.37. The van der Waals surface area contributed by atoms with Gasteiger partial charge in [0.2, 0.25) is 0 Å². The van der Waals surface area contributed by atoms with E-state index < -0.39 is 11.9 Å². The fourth-order valence-electron chi connectivity index (χ4n) is 2.31. The zero-order valence-corrected chi connectivity index (χ0v) is 11.9. The molecule has 8 heteroatoms. The van der Waals surface area contributed by atoms with Crippen LogP contribution in [0, 0.1) is 5.82 Å². The van der Waals surface area contributed by atoms with Crippen LogP contribution in [-0.2, 0) is 11.3 Å². The molecule has 0 unspecified atom stereocenters. The molecule has 1 aliphatic rings. The van der Waals surface area contributed by atoms with E-state index in [1.165, 1.54) is 13.2 Å². The number of anilines is 2. The number of fused-ring (bicyclic) bond motifs is 1. The minimum absolute atomic E-state index is 0.178. The second-order valence-corrected chi connectivity index (χ2v) is 4.75. The summed E-state index contributed by atoms with van der Waals surface area (Å²) >= 11 is 0. The van der Waals surface area contributed by atoms with Gasteiger partial charge in [-0.05, 0) is 6.07 Å². The zero-order valence-electron chi connectivity index (χ0n) is 11.9. The molecule has 1 aromatic carbocycles. The van der Waals surface area contributed by atoms with Gasteiger partial charge < -0.3 is 19.4 Å². The summed E-state index contributed by atoms with van der Waals surface area (Å²) in [5, 5.41) is 2.46. The lowest BCUT2D eigenvalue weighted by atomic mass is 10.2. The third-order valence-electron chi connectivity index (χ3n) is 3.31. The molecule has 1 aromatic heterocycles. The molecule has 22 heavy (non-hydrogen) atoms. The Bertz CT molecular complexity index is 675. The Morgan fingerprint density at radius 3 is 3.18 bits per heavy atom. The largest absolute Gasteiger partial charge is 0.486 e. The van der Waals surface area contributed by atoms with Crippen molar-refractivity contribution in [3.63, 3.8) is 0 Å². The van der Waals surface area contributed by atoms with Crippen molar-refractivity contribution in [2.24, 2.45) is 0 Å². The molecule has 2 N–H and O–H groups in total. The van der Waals surface area contributed by atoms with Gasteiger partial charge in [-0.15, -0.1) is 0 Å². The predicted octanol–water partition coefficient (Wildman–Crippen LogP) is 2.13. The van der Waals surface area contributed by atoms with Crippen LogP contribution >= 0.6 is 0 Å². The number of imidazole rings is 1. The molecular formula is C14H15FN4O3. The lowest BCUT2D eigenvalue weighted by Crippen LogP contribution is -2.33. The SMILES string of the molecule is COC(=O)Nc1cc(F)c2c(c1)N(Cc1c[nH]cn1)CCO2. The van der Waals surface area contributed by atoms with Gasteiger partial charge in [0.1, 0.15) is 6.61 Å². The van der Waals surface area contributed by atoms with Crippen LogP contribution in [0.1, 0.15) is 5.69 Å². The zero-order chi connectivity index (χ0) is 15.5. The van der Waals surface area contributed by atoms with E-state index in [0.717, 1.165) is 5.69 Å². The van der Waals surface area contributed by atoms with E-state index in [4.69, 9.17) is 4.74 Å². The summed E-state index contributed by atoms with van der Waals surface area (Å²) in [7, 11) is 1.25. The lowest BCUT2D eigenvalue weighted by molar-refractivity contribution is 0.187. The third-order valence-corrected chi connectivity index (χ3v) is 3.31. The highest BCUT2D eigenvalue weighted by Gasteiger charge is 2.23. The molecule has 0 radical (unpaired) electrons. The standard InChI is InChI=1S/C14H15FN4O3/c1-21-14(20)18-9-4-11(15)13-12(5-9)19(2-3-22-13)7-10-6-16-8-17-10/h4-6,8H,2-3,7H2,1H3,(H,16,17)(H,18,20). The highest BCUT2D eigenvalue weighted by atomic mass is 19.1. The summed E-state index contributed by atoms with van der Waals surface area (Å²) in [4.78, 5) is 20.3. The smallest absolute Gasteiger partial charge is 0.411 e. The summed E-state index contributed by atoms with van der Waals surface area (Å²) in [6, 6.07) is 2.86. The van der Waals surface area contributed by atoms with Gasteiger partial charge in [0.05, 0.1) is 37.9 Å². The van der Waals surface area contributed by atoms with Crippen LogP contribution in [-0.4, -0.2) is 36.3 Å². The fourth-order valence-corrected chi connectivity index (χ4v) is 2.31. The maximum absolute atomic E-state index is 14.2. The van der Waals surface area contributed by atoms with E-state index in [1.54, 1.807) is 18.6 Å². The molecule has 0 aliphatic carbocycles. The number of benzene rings is 1. The highest BCUT2D eigenvalue weighted by molar-refractivity contribution is 5.86. The number of nitrogens with zero attached hydrogens (tertiary/aromatic N) is 2. The molecule has 3 rings (SSSR count). The third kappa shape index (κ3) is 2.80. The van der Waals surface area contributed by atoms with Crippen LogP contribution in [0.15, 0.2) is 24.7 Å². The number of nitrogens with one attached hydrogen (secondary N) is 2. The van der Waals surface area contributed by atoms with E-state index in [-0.39, 0.29) is 5.75 Å². The van der Waals surface area contributed by atoms with Gasteiger partial charge in [0.15, 0.2) is 11.6 Å². The van der Waals surface area contributed by atoms with Crippen molar-refractivity contribution in [3.05, 3.63) is 36.2 Å². The average Bonchev–Trinajstić information content (AvgIpc) is 3.01. The number of rotatable bonds is 3. The number of methoxy groups -OCH3 is 1. The van der Waals surface area contributed by atoms with Crippen LogP contribution < -0.4 is 15.0 Å². The number of hydrogen-bond donors (Lipinski definition) is 2. The van der Waals surface area contributed by atoms with E-state index in [9.17, 15) is 9.18 Å². The molecule has 0 atom stereocenters. The Morgan fingerprint density at radius 1 is 1.59 bits per heavy atom. The molecule has 0 saturated heterocycles. The van der Waals surface area contributed by atoms with Gasteiger partial charge in [0.25, 0.3) is 0 Å². The van der Waals surface area contributed by atoms with Crippen LogP contribution in [0.4, 0.5) is 20.6 Å². The van der Waals surface area contributed by atoms with Crippen LogP contribution in [0.2, 0.25) is 0 Å². The molecule has 2 heterocycles. The van der Waals surface area contributed by atoms with E-state index >= 15 is 0 Å². The lowest BCUT2D eigenvalue weighted by Gasteiger charge is -2.31. The monoisotopic (exact) mass is 306 g/mol. The summed E-state index contributed by atoms with van der Waals surface area (Å²) in [6.07, 6.45) is 2.71. The summed E-state index contributed by atoms with van der Waals surface area (Å²) in [6.45, 7) is 1.50. The normalized spacial score (nSPS) is 13.3. The molecule has 7 nitrogen and oxygen atoms in total. The number of hydrogen-bond acceptors (Lipinski definition) is 5. The van der Waals surface area contributed by atoms with Gasteiger partial charge in [-0.2, -0.15) is 0 Å². The summed E-state index contributed by atoms with van der Waals surface area (Å²) in [5.41, 5.74) is 1.71. The molecule has 0 spiro atoms. The molecule has 2 aromatic rings. The Morgan fingerprint density at radius 2 is 2.45 bits per heavy atom. The van der Waals surface area contributed by atoms with E-state index in [0.29, 0.717) is 31.1 Å². The summed E-state index contributed by atoms with van der Waals surface area (Å²) in [5.74, 6) is -0.354. The molecule has 1 aliphatic heterocycles. The van der Waals surface area contributed by atoms with Crippen LogP contribution in [0.3, 0.4) is 0 Å².